The molecule has 1 aliphatic rings. The van der Waals surface area contributed by atoms with Gasteiger partial charge in [-0.15, -0.1) is 24.0 Å². The molecule has 164 valence electrons. The molecular formula is C21H30IN5O3. The standard InChI is InChI=1S/C21H29N5O3.HI/c1-4-28-21(27)26-18(15-9-10-15)12-24-20(22-3)23-11-17-13-29-19(25-17)16-7-5-14(2)6-8-16;/h5-8,13,15,18H,4,9-12H2,1-3H3,(H,26,27)(H2,22,23,24);1H. The molecular weight excluding hydrogens is 497 g/mol. The number of hydrogen-bond acceptors (Lipinski definition) is 5. The van der Waals surface area contributed by atoms with Crippen LogP contribution in [0.4, 0.5) is 4.79 Å². The highest BCUT2D eigenvalue weighted by Gasteiger charge is 2.32. The van der Waals surface area contributed by atoms with Crippen molar-refractivity contribution in [3.05, 3.63) is 41.8 Å². The minimum absolute atomic E-state index is 0. The molecule has 0 saturated heterocycles. The molecule has 0 bridgehead atoms. The Balaban J connectivity index is 0.00000320. The molecule has 8 nitrogen and oxygen atoms in total. The quantitative estimate of drug-likeness (QED) is 0.276. The first kappa shape index (κ1) is 24.0. The van der Waals surface area contributed by atoms with Crippen LogP contribution in [0.3, 0.4) is 0 Å². The average Bonchev–Trinajstić information content (AvgIpc) is 3.46. The number of guanidine groups is 1. The Kier molecular flexibility index (Phi) is 9.41. The van der Waals surface area contributed by atoms with Gasteiger partial charge in [0.15, 0.2) is 5.96 Å². The van der Waals surface area contributed by atoms with Crippen LogP contribution >= 0.6 is 24.0 Å². The zero-order valence-corrected chi connectivity index (χ0v) is 19.9. The van der Waals surface area contributed by atoms with Crippen molar-refractivity contribution < 1.29 is 13.9 Å². The SMILES string of the molecule is CCOC(=O)NC(CNC(=NC)NCc1coc(-c2ccc(C)cc2)n1)C1CC1.I. The lowest BCUT2D eigenvalue weighted by Gasteiger charge is -2.20. The number of aromatic nitrogens is 1. The highest BCUT2D eigenvalue weighted by Crippen LogP contribution is 2.32. The number of nitrogens with zero attached hydrogens (tertiary/aromatic N) is 2. The van der Waals surface area contributed by atoms with Gasteiger partial charge in [-0.25, -0.2) is 9.78 Å². The van der Waals surface area contributed by atoms with E-state index < -0.39 is 0 Å². The molecule has 0 radical (unpaired) electrons. The molecule has 1 aromatic heterocycles. The lowest BCUT2D eigenvalue weighted by molar-refractivity contribution is 0.146. The van der Waals surface area contributed by atoms with E-state index >= 15 is 0 Å². The highest BCUT2D eigenvalue weighted by molar-refractivity contribution is 14.0. The maximum Gasteiger partial charge on any atom is 0.407 e. The van der Waals surface area contributed by atoms with E-state index in [1.807, 2.05) is 31.2 Å². The number of oxazole rings is 1. The predicted molar refractivity (Wildman–Crippen MR) is 127 cm³/mol. The second-order valence-corrected chi connectivity index (χ2v) is 7.13. The minimum Gasteiger partial charge on any atom is -0.450 e. The summed E-state index contributed by atoms with van der Waals surface area (Å²) < 4.78 is 10.6. The number of carbonyl (C=O) groups excluding carboxylic acids is 1. The van der Waals surface area contributed by atoms with Gasteiger partial charge in [0.05, 0.1) is 24.9 Å². The number of amides is 1. The van der Waals surface area contributed by atoms with Gasteiger partial charge in [-0.3, -0.25) is 4.99 Å². The molecule has 0 spiro atoms. The van der Waals surface area contributed by atoms with Crippen molar-refractivity contribution >= 4 is 36.0 Å². The highest BCUT2D eigenvalue weighted by atomic mass is 127. The first-order valence-corrected chi connectivity index (χ1v) is 9.98. The van der Waals surface area contributed by atoms with E-state index in [0.29, 0.717) is 37.5 Å². The molecule has 1 heterocycles. The smallest absolute Gasteiger partial charge is 0.407 e. The molecule has 3 N–H and O–H groups in total. The van der Waals surface area contributed by atoms with Gasteiger partial charge in [0, 0.05) is 19.2 Å². The van der Waals surface area contributed by atoms with E-state index in [4.69, 9.17) is 9.15 Å². The first-order chi connectivity index (χ1) is 14.1. The molecule has 2 aromatic rings. The van der Waals surface area contributed by atoms with Crippen molar-refractivity contribution in [2.24, 2.45) is 10.9 Å². The number of alkyl carbamates (subject to hydrolysis) is 1. The second kappa shape index (κ2) is 11.8. The van der Waals surface area contributed by atoms with Crippen molar-refractivity contribution in [3.8, 4) is 11.5 Å². The van der Waals surface area contributed by atoms with Gasteiger partial charge < -0.3 is 25.1 Å². The monoisotopic (exact) mass is 527 g/mol. The Morgan fingerprint density at radius 1 is 1.30 bits per heavy atom. The van der Waals surface area contributed by atoms with Crippen LogP contribution in [0.1, 0.15) is 31.0 Å². The summed E-state index contributed by atoms with van der Waals surface area (Å²) in [7, 11) is 1.71. The zero-order valence-electron chi connectivity index (χ0n) is 17.6. The Labute approximate surface area is 194 Å². The third-order valence-corrected chi connectivity index (χ3v) is 4.77. The fourth-order valence-corrected chi connectivity index (χ4v) is 2.98. The minimum atomic E-state index is -0.375. The van der Waals surface area contributed by atoms with Crippen LogP contribution in [0.5, 0.6) is 0 Å². The van der Waals surface area contributed by atoms with Gasteiger partial charge in [0.1, 0.15) is 6.26 Å². The number of rotatable bonds is 8. The first-order valence-electron chi connectivity index (χ1n) is 9.98. The number of halogens is 1. The van der Waals surface area contributed by atoms with Crippen LogP contribution in [-0.2, 0) is 11.3 Å². The van der Waals surface area contributed by atoms with E-state index in [-0.39, 0.29) is 36.1 Å². The van der Waals surface area contributed by atoms with Crippen LogP contribution in [0.15, 0.2) is 39.9 Å². The number of aliphatic imine (C=N–C) groups is 1. The van der Waals surface area contributed by atoms with Crippen molar-refractivity contribution in [3.63, 3.8) is 0 Å². The van der Waals surface area contributed by atoms with Crippen molar-refractivity contribution in [2.45, 2.75) is 39.3 Å². The number of hydrogen-bond donors (Lipinski definition) is 3. The summed E-state index contributed by atoms with van der Waals surface area (Å²) in [6.45, 7) is 5.26. The largest absolute Gasteiger partial charge is 0.450 e. The molecule has 1 atom stereocenters. The third-order valence-electron chi connectivity index (χ3n) is 4.77. The number of aryl methyl sites for hydroxylation is 1. The van der Waals surface area contributed by atoms with Crippen LogP contribution in [0.2, 0.25) is 0 Å². The Hall–Kier alpha value is -2.30. The Bertz CT molecular complexity index is 833. The van der Waals surface area contributed by atoms with Gasteiger partial charge in [-0.1, -0.05) is 17.7 Å². The number of benzene rings is 1. The lowest BCUT2D eigenvalue weighted by atomic mass is 10.1. The summed E-state index contributed by atoms with van der Waals surface area (Å²) in [5.74, 6) is 1.72. The summed E-state index contributed by atoms with van der Waals surface area (Å²) in [6.07, 6.45) is 3.50. The molecule has 1 unspecified atom stereocenters. The fraction of sp³-hybridized carbons (Fsp3) is 0.476. The van der Waals surface area contributed by atoms with E-state index in [0.717, 1.165) is 24.1 Å². The maximum atomic E-state index is 11.7. The van der Waals surface area contributed by atoms with Crippen LogP contribution in [0, 0.1) is 12.8 Å². The fourth-order valence-electron chi connectivity index (χ4n) is 2.98. The summed E-state index contributed by atoms with van der Waals surface area (Å²) in [6, 6.07) is 8.07. The number of ether oxygens (including phenoxy) is 1. The molecule has 30 heavy (non-hydrogen) atoms. The van der Waals surface area contributed by atoms with E-state index in [1.165, 1.54) is 5.56 Å². The molecule has 1 aromatic carbocycles. The Morgan fingerprint density at radius 3 is 2.67 bits per heavy atom. The van der Waals surface area contributed by atoms with Crippen LogP contribution in [-0.4, -0.2) is 43.3 Å². The average molecular weight is 527 g/mol. The van der Waals surface area contributed by atoms with Gasteiger partial charge in [0.25, 0.3) is 0 Å². The molecule has 9 heteroatoms. The summed E-state index contributed by atoms with van der Waals surface area (Å²) >= 11 is 0. The molecule has 1 saturated carbocycles. The van der Waals surface area contributed by atoms with Gasteiger partial charge >= 0.3 is 6.09 Å². The lowest BCUT2D eigenvalue weighted by Crippen LogP contribution is -2.48. The van der Waals surface area contributed by atoms with Crippen molar-refractivity contribution in [2.75, 3.05) is 20.2 Å². The molecule has 0 aliphatic heterocycles. The third kappa shape index (κ3) is 7.19. The number of carbonyl (C=O) groups is 1. The van der Waals surface area contributed by atoms with Gasteiger partial charge in [-0.2, -0.15) is 0 Å². The molecule has 1 amide bonds. The Morgan fingerprint density at radius 2 is 2.03 bits per heavy atom. The van der Waals surface area contributed by atoms with Gasteiger partial charge in [0.2, 0.25) is 5.89 Å². The normalized spacial score (nSPS) is 14.4. The maximum absolute atomic E-state index is 11.7. The van der Waals surface area contributed by atoms with E-state index in [2.05, 4.69) is 25.9 Å². The molecule has 1 aliphatic carbocycles. The number of nitrogens with one attached hydrogen (secondary N) is 3. The van der Waals surface area contributed by atoms with Crippen LogP contribution in [0.25, 0.3) is 11.5 Å². The summed E-state index contributed by atoms with van der Waals surface area (Å²) in [4.78, 5) is 20.5. The summed E-state index contributed by atoms with van der Waals surface area (Å²) in [5.41, 5.74) is 2.92. The van der Waals surface area contributed by atoms with E-state index in [1.54, 1.807) is 20.2 Å². The van der Waals surface area contributed by atoms with Crippen molar-refractivity contribution in [1.82, 2.24) is 20.9 Å². The zero-order chi connectivity index (χ0) is 20.6. The molecule has 3 rings (SSSR count). The second-order valence-electron chi connectivity index (χ2n) is 7.13. The van der Waals surface area contributed by atoms with Crippen LogP contribution < -0.4 is 16.0 Å². The van der Waals surface area contributed by atoms with E-state index in [9.17, 15) is 4.79 Å². The van der Waals surface area contributed by atoms with Gasteiger partial charge in [-0.05, 0) is 44.7 Å². The topological polar surface area (TPSA) is 101 Å². The molecule has 1 fully saturated rings. The van der Waals surface area contributed by atoms with Crippen molar-refractivity contribution in [1.29, 1.82) is 0 Å². The predicted octanol–water partition coefficient (Wildman–Crippen LogP) is 3.46. The summed E-state index contributed by atoms with van der Waals surface area (Å²) in [5, 5.41) is 9.41.